The van der Waals surface area contributed by atoms with Crippen LogP contribution >= 0.6 is 0 Å². The Morgan fingerprint density at radius 1 is 1.12 bits per heavy atom. The maximum Gasteiger partial charge on any atom is 0.229 e. The summed E-state index contributed by atoms with van der Waals surface area (Å²) >= 11 is 0. The molecule has 3 saturated heterocycles. The molecule has 0 aromatic heterocycles. The van der Waals surface area contributed by atoms with Crippen molar-refractivity contribution < 1.29 is 9.59 Å². The third kappa shape index (κ3) is 4.55. The van der Waals surface area contributed by atoms with Crippen molar-refractivity contribution in [2.45, 2.75) is 76.4 Å². The van der Waals surface area contributed by atoms with Crippen LogP contribution in [0.4, 0.5) is 0 Å². The zero-order valence-electron chi connectivity index (χ0n) is 16.2. The molecule has 7 heteroatoms. The van der Waals surface area contributed by atoms with E-state index in [0.29, 0.717) is 50.5 Å². The van der Waals surface area contributed by atoms with Gasteiger partial charge in [0.05, 0.1) is 6.54 Å². The quantitative estimate of drug-likeness (QED) is 0.434. The van der Waals surface area contributed by atoms with E-state index in [1.165, 1.54) is 24.2 Å². The second kappa shape index (κ2) is 8.84. The minimum Gasteiger partial charge on any atom is -0.357 e. The molecule has 0 aromatic rings. The number of hydrogen-bond donors (Lipinski definition) is 2. The van der Waals surface area contributed by atoms with Gasteiger partial charge in [0.15, 0.2) is 5.96 Å². The molecule has 2 amide bonds. The van der Waals surface area contributed by atoms with Gasteiger partial charge in [-0.15, -0.1) is 0 Å². The van der Waals surface area contributed by atoms with Gasteiger partial charge in [0.25, 0.3) is 0 Å². The molecule has 26 heavy (non-hydrogen) atoms. The standard InChI is InChI=1S/C19H33N5O2/c1-3-20-19(21-10-11-24-17(25)8-5-9-18(24)26)22-14-12-15-6-4-7-16(13-14)23(15)2/h14-16H,3-13H2,1-2H3,(H2,20,21,22). The van der Waals surface area contributed by atoms with Crippen molar-refractivity contribution in [1.82, 2.24) is 20.4 Å². The Morgan fingerprint density at radius 3 is 2.38 bits per heavy atom. The van der Waals surface area contributed by atoms with Gasteiger partial charge in [-0.2, -0.15) is 0 Å². The number of rotatable bonds is 5. The summed E-state index contributed by atoms with van der Waals surface area (Å²) in [6, 6.07) is 1.79. The van der Waals surface area contributed by atoms with Crippen molar-refractivity contribution in [2.75, 3.05) is 26.7 Å². The van der Waals surface area contributed by atoms with Gasteiger partial charge in [-0.1, -0.05) is 6.42 Å². The van der Waals surface area contributed by atoms with E-state index in [2.05, 4.69) is 34.5 Å². The van der Waals surface area contributed by atoms with Crippen LogP contribution < -0.4 is 10.6 Å². The molecular formula is C19H33N5O2. The van der Waals surface area contributed by atoms with E-state index in [1.807, 2.05) is 0 Å². The lowest BCUT2D eigenvalue weighted by atomic mass is 9.82. The normalized spacial score (nSPS) is 30.5. The van der Waals surface area contributed by atoms with Crippen LogP contribution in [0.25, 0.3) is 0 Å². The zero-order chi connectivity index (χ0) is 18.5. The van der Waals surface area contributed by atoms with Crippen molar-refractivity contribution in [3.63, 3.8) is 0 Å². The third-order valence-electron chi connectivity index (χ3n) is 6.00. The van der Waals surface area contributed by atoms with E-state index in [4.69, 9.17) is 0 Å². The smallest absolute Gasteiger partial charge is 0.229 e. The molecule has 2 atom stereocenters. The molecule has 3 heterocycles. The van der Waals surface area contributed by atoms with Gasteiger partial charge < -0.3 is 15.5 Å². The maximum absolute atomic E-state index is 11.9. The number of carbonyl (C=O) groups excluding carboxylic acids is 2. The molecule has 0 saturated carbocycles. The van der Waals surface area contributed by atoms with Crippen molar-refractivity contribution >= 4 is 17.8 Å². The van der Waals surface area contributed by atoms with E-state index in [0.717, 1.165) is 25.3 Å². The Hall–Kier alpha value is -1.63. The maximum atomic E-state index is 11.9. The lowest BCUT2D eigenvalue weighted by Crippen LogP contribution is -2.56. The minimum absolute atomic E-state index is 0.0578. The number of piperidine rings is 3. The lowest BCUT2D eigenvalue weighted by molar-refractivity contribution is -0.147. The number of hydrogen-bond acceptors (Lipinski definition) is 4. The Bertz CT molecular complexity index is 520. The van der Waals surface area contributed by atoms with E-state index in [-0.39, 0.29) is 11.8 Å². The van der Waals surface area contributed by atoms with Gasteiger partial charge in [0.1, 0.15) is 0 Å². The number of carbonyl (C=O) groups is 2. The fraction of sp³-hybridized carbons (Fsp3) is 0.842. The number of imide groups is 1. The molecule has 0 spiro atoms. The summed E-state index contributed by atoms with van der Waals surface area (Å²) in [5.74, 6) is 0.687. The largest absolute Gasteiger partial charge is 0.357 e. The van der Waals surface area contributed by atoms with Crippen molar-refractivity contribution in [3.8, 4) is 0 Å². The Balaban J connectivity index is 1.54. The van der Waals surface area contributed by atoms with Crippen LogP contribution in [-0.4, -0.2) is 72.4 Å². The number of nitrogens with zero attached hydrogens (tertiary/aromatic N) is 3. The molecule has 3 aliphatic heterocycles. The predicted molar refractivity (Wildman–Crippen MR) is 102 cm³/mol. The van der Waals surface area contributed by atoms with Crippen LogP contribution in [0.1, 0.15) is 58.3 Å². The van der Waals surface area contributed by atoms with Crippen LogP contribution in [0.2, 0.25) is 0 Å². The molecule has 0 radical (unpaired) electrons. The summed E-state index contributed by atoms with van der Waals surface area (Å²) in [6.07, 6.45) is 7.87. The number of amides is 2. The average molecular weight is 364 g/mol. The molecule has 3 fully saturated rings. The van der Waals surface area contributed by atoms with Crippen LogP contribution in [0.5, 0.6) is 0 Å². The van der Waals surface area contributed by atoms with E-state index >= 15 is 0 Å². The second-order valence-electron chi connectivity index (χ2n) is 7.77. The SMILES string of the molecule is CCNC(=NCCN1C(=O)CCCC1=O)NC1CC2CCCC(C1)N2C. The van der Waals surface area contributed by atoms with Crippen molar-refractivity contribution in [2.24, 2.45) is 4.99 Å². The van der Waals surface area contributed by atoms with Crippen LogP contribution in [0.15, 0.2) is 4.99 Å². The molecule has 3 aliphatic rings. The Kier molecular flexibility index (Phi) is 6.51. The summed E-state index contributed by atoms with van der Waals surface area (Å²) < 4.78 is 0. The van der Waals surface area contributed by atoms with Gasteiger partial charge in [0, 0.05) is 44.1 Å². The number of aliphatic imine (C=N–C) groups is 1. The van der Waals surface area contributed by atoms with Gasteiger partial charge in [0.2, 0.25) is 11.8 Å². The summed E-state index contributed by atoms with van der Waals surface area (Å²) in [5, 5.41) is 6.89. The molecule has 7 nitrogen and oxygen atoms in total. The molecule has 2 bridgehead atoms. The molecule has 0 aliphatic carbocycles. The first-order valence-electron chi connectivity index (χ1n) is 10.2. The topological polar surface area (TPSA) is 77.0 Å². The summed E-state index contributed by atoms with van der Waals surface area (Å²) in [4.78, 5) is 32.3. The summed E-state index contributed by atoms with van der Waals surface area (Å²) in [6.45, 7) is 3.68. The number of likely N-dealkylation sites (tertiary alicyclic amines) is 1. The Morgan fingerprint density at radius 2 is 1.77 bits per heavy atom. The highest BCUT2D eigenvalue weighted by Crippen LogP contribution is 2.32. The highest BCUT2D eigenvalue weighted by Gasteiger charge is 2.36. The van der Waals surface area contributed by atoms with Gasteiger partial charge in [-0.25, -0.2) is 0 Å². The molecule has 2 unspecified atom stereocenters. The highest BCUT2D eigenvalue weighted by molar-refractivity contribution is 5.97. The molecule has 0 aromatic carbocycles. The highest BCUT2D eigenvalue weighted by atomic mass is 16.2. The third-order valence-corrected chi connectivity index (χ3v) is 6.00. The first-order chi connectivity index (χ1) is 12.6. The fourth-order valence-corrected chi connectivity index (χ4v) is 4.56. The molecule has 146 valence electrons. The lowest BCUT2D eigenvalue weighted by Gasteiger charge is -2.47. The minimum atomic E-state index is -0.0578. The second-order valence-corrected chi connectivity index (χ2v) is 7.77. The van der Waals surface area contributed by atoms with Crippen LogP contribution in [0.3, 0.4) is 0 Å². The molecule has 2 N–H and O–H groups in total. The monoisotopic (exact) mass is 363 g/mol. The van der Waals surface area contributed by atoms with Crippen molar-refractivity contribution in [3.05, 3.63) is 0 Å². The number of nitrogens with one attached hydrogen (secondary N) is 2. The van der Waals surface area contributed by atoms with Gasteiger partial charge >= 0.3 is 0 Å². The number of guanidine groups is 1. The molecule has 3 rings (SSSR count). The average Bonchev–Trinajstić information content (AvgIpc) is 2.58. The first-order valence-corrected chi connectivity index (χ1v) is 10.2. The van der Waals surface area contributed by atoms with Gasteiger partial charge in [-0.05, 0) is 46.1 Å². The summed E-state index contributed by atoms with van der Waals surface area (Å²) in [5.41, 5.74) is 0. The fourth-order valence-electron chi connectivity index (χ4n) is 4.56. The van der Waals surface area contributed by atoms with Crippen molar-refractivity contribution in [1.29, 1.82) is 0 Å². The summed E-state index contributed by atoms with van der Waals surface area (Å²) in [7, 11) is 2.26. The van der Waals surface area contributed by atoms with Crippen LogP contribution in [-0.2, 0) is 9.59 Å². The van der Waals surface area contributed by atoms with Gasteiger partial charge in [-0.3, -0.25) is 19.5 Å². The molecular weight excluding hydrogens is 330 g/mol. The Labute approximate surface area is 156 Å². The van der Waals surface area contributed by atoms with E-state index in [1.54, 1.807) is 0 Å². The van der Waals surface area contributed by atoms with Crippen LogP contribution in [0, 0.1) is 0 Å². The first kappa shape index (κ1) is 19.1. The van der Waals surface area contributed by atoms with E-state index < -0.39 is 0 Å². The predicted octanol–water partition coefficient (Wildman–Crippen LogP) is 1.10. The van der Waals surface area contributed by atoms with E-state index in [9.17, 15) is 9.59 Å². The number of fused-ring (bicyclic) bond motifs is 2. The zero-order valence-corrected chi connectivity index (χ0v) is 16.2.